The van der Waals surface area contributed by atoms with E-state index in [2.05, 4.69) is 47.4 Å². The maximum absolute atomic E-state index is 12.1. The number of H-pyrrole nitrogens is 1. The van der Waals surface area contributed by atoms with Crippen molar-refractivity contribution in [3.8, 4) is 0 Å². The molecule has 0 bridgehead atoms. The van der Waals surface area contributed by atoms with Crippen LogP contribution in [0.25, 0.3) is 21.8 Å². The molecule has 2 aromatic heterocycles. The Bertz CT molecular complexity index is 1390. The van der Waals surface area contributed by atoms with Crippen LogP contribution < -0.4 is 5.56 Å². The maximum atomic E-state index is 12.1. The molecule has 0 atom stereocenters. The Morgan fingerprint density at radius 3 is 2.47 bits per heavy atom. The van der Waals surface area contributed by atoms with Gasteiger partial charge in [0, 0.05) is 34.5 Å². The molecule has 0 saturated carbocycles. The number of rotatable bonds is 5. The largest absolute Gasteiger partial charge is 0.322 e. The molecule has 30 heavy (non-hydrogen) atoms. The molecule has 3 aromatic carbocycles. The fourth-order valence-electron chi connectivity index (χ4n) is 3.75. The second kappa shape index (κ2) is 8.17. The standard InChI is InChI=1S/C26H20N2OS/c29-25-16-21(22-11-5-7-13-24(22)27-25)17-30-26-20(14-18-8-2-1-3-9-18)15-19-10-4-6-12-23(19)28-26/h1-13,15-16H,14,17H2,(H,27,29). The lowest BCUT2D eigenvalue weighted by atomic mass is 10.0. The van der Waals surface area contributed by atoms with Crippen LogP contribution in [0.4, 0.5) is 0 Å². The summed E-state index contributed by atoms with van der Waals surface area (Å²) in [6.07, 6.45) is 0.830. The Labute approximate surface area is 178 Å². The van der Waals surface area contributed by atoms with Crippen molar-refractivity contribution in [2.75, 3.05) is 0 Å². The molecule has 1 N–H and O–H groups in total. The molecular weight excluding hydrogens is 388 g/mol. The molecule has 4 heteroatoms. The Balaban J connectivity index is 1.53. The number of hydrogen-bond acceptors (Lipinski definition) is 3. The molecule has 0 spiro atoms. The lowest BCUT2D eigenvalue weighted by Gasteiger charge is -2.12. The highest BCUT2D eigenvalue weighted by Gasteiger charge is 2.11. The summed E-state index contributed by atoms with van der Waals surface area (Å²) in [4.78, 5) is 20.0. The summed E-state index contributed by atoms with van der Waals surface area (Å²) in [7, 11) is 0. The molecule has 0 saturated heterocycles. The third kappa shape index (κ3) is 3.87. The molecule has 0 aliphatic rings. The number of hydrogen-bond donors (Lipinski definition) is 1. The molecule has 0 aliphatic heterocycles. The van der Waals surface area contributed by atoms with E-state index in [1.807, 2.05) is 42.5 Å². The van der Waals surface area contributed by atoms with E-state index < -0.39 is 0 Å². The van der Waals surface area contributed by atoms with E-state index in [4.69, 9.17) is 4.98 Å². The monoisotopic (exact) mass is 408 g/mol. The van der Waals surface area contributed by atoms with Crippen LogP contribution in [0.3, 0.4) is 0 Å². The highest BCUT2D eigenvalue weighted by Crippen LogP contribution is 2.30. The molecule has 5 rings (SSSR count). The van der Waals surface area contributed by atoms with Gasteiger partial charge in [-0.1, -0.05) is 66.7 Å². The van der Waals surface area contributed by atoms with Gasteiger partial charge in [0.25, 0.3) is 0 Å². The molecule has 0 amide bonds. The smallest absolute Gasteiger partial charge is 0.248 e. The second-order valence-corrected chi connectivity index (χ2v) is 8.26. The van der Waals surface area contributed by atoms with Crippen LogP contribution in [-0.4, -0.2) is 9.97 Å². The predicted molar refractivity (Wildman–Crippen MR) is 125 cm³/mol. The number of fused-ring (bicyclic) bond motifs is 2. The normalized spacial score (nSPS) is 11.2. The highest BCUT2D eigenvalue weighted by molar-refractivity contribution is 7.98. The lowest BCUT2D eigenvalue weighted by Crippen LogP contribution is -2.06. The van der Waals surface area contributed by atoms with Crippen LogP contribution in [0.15, 0.2) is 101 Å². The van der Waals surface area contributed by atoms with Gasteiger partial charge in [0.15, 0.2) is 0 Å². The van der Waals surface area contributed by atoms with Gasteiger partial charge < -0.3 is 4.98 Å². The quantitative estimate of drug-likeness (QED) is 0.365. The second-order valence-electron chi connectivity index (χ2n) is 7.30. The number of benzene rings is 3. The van der Waals surface area contributed by atoms with Crippen molar-refractivity contribution in [3.63, 3.8) is 0 Å². The van der Waals surface area contributed by atoms with Gasteiger partial charge in [-0.25, -0.2) is 4.98 Å². The van der Waals surface area contributed by atoms with Crippen molar-refractivity contribution >= 4 is 33.6 Å². The summed E-state index contributed by atoms with van der Waals surface area (Å²) in [5.41, 5.74) is 5.29. The number of nitrogens with zero attached hydrogens (tertiary/aromatic N) is 1. The topological polar surface area (TPSA) is 45.8 Å². The minimum atomic E-state index is -0.0692. The first-order valence-corrected chi connectivity index (χ1v) is 10.9. The Kier molecular flexibility index (Phi) is 5.08. The summed E-state index contributed by atoms with van der Waals surface area (Å²) >= 11 is 1.69. The summed E-state index contributed by atoms with van der Waals surface area (Å²) < 4.78 is 0. The van der Waals surface area contributed by atoms with Crippen LogP contribution in [0, 0.1) is 0 Å². The Morgan fingerprint density at radius 1 is 0.800 bits per heavy atom. The number of pyridine rings is 2. The van der Waals surface area contributed by atoms with Gasteiger partial charge in [0.1, 0.15) is 5.03 Å². The zero-order chi connectivity index (χ0) is 20.3. The third-order valence-electron chi connectivity index (χ3n) is 5.20. The van der Waals surface area contributed by atoms with Crippen molar-refractivity contribution in [2.45, 2.75) is 17.2 Å². The zero-order valence-corrected chi connectivity index (χ0v) is 17.2. The molecule has 5 aromatic rings. The van der Waals surface area contributed by atoms with Gasteiger partial charge in [-0.2, -0.15) is 0 Å². The van der Waals surface area contributed by atoms with E-state index in [0.29, 0.717) is 5.75 Å². The lowest BCUT2D eigenvalue weighted by molar-refractivity contribution is 1.05. The third-order valence-corrected chi connectivity index (χ3v) is 6.28. The molecular formula is C26H20N2OS. The van der Waals surface area contributed by atoms with E-state index >= 15 is 0 Å². The summed E-state index contributed by atoms with van der Waals surface area (Å²) in [5, 5.41) is 3.24. The molecule has 0 fully saturated rings. The molecule has 146 valence electrons. The fourth-order valence-corrected chi connectivity index (χ4v) is 4.76. The number of aromatic nitrogens is 2. The number of para-hydroxylation sites is 2. The van der Waals surface area contributed by atoms with Crippen molar-refractivity contribution in [2.24, 2.45) is 0 Å². The van der Waals surface area contributed by atoms with Gasteiger partial charge in [0.05, 0.1) is 5.52 Å². The first-order valence-electron chi connectivity index (χ1n) is 9.92. The van der Waals surface area contributed by atoms with Crippen molar-refractivity contribution in [1.82, 2.24) is 9.97 Å². The number of thioether (sulfide) groups is 1. The predicted octanol–water partition coefficient (Wildman–Crippen LogP) is 5.96. The zero-order valence-electron chi connectivity index (χ0n) is 16.3. The number of nitrogens with one attached hydrogen (secondary N) is 1. The molecule has 0 radical (unpaired) electrons. The van der Waals surface area contributed by atoms with Gasteiger partial charge >= 0.3 is 0 Å². The van der Waals surface area contributed by atoms with E-state index in [1.165, 1.54) is 11.1 Å². The SMILES string of the molecule is O=c1cc(CSc2nc3ccccc3cc2Cc2ccccc2)c2ccccc2[nH]1. The van der Waals surface area contributed by atoms with E-state index in [-0.39, 0.29) is 5.56 Å². The van der Waals surface area contributed by atoms with E-state index in [0.717, 1.165) is 38.8 Å². The minimum Gasteiger partial charge on any atom is -0.322 e. The maximum Gasteiger partial charge on any atom is 0.248 e. The minimum absolute atomic E-state index is 0.0692. The summed E-state index contributed by atoms with van der Waals surface area (Å²) in [6, 6.07) is 30.6. The molecule has 0 unspecified atom stereocenters. The van der Waals surface area contributed by atoms with E-state index in [9.17, 15) is 4.79 Å². The number of aromatic amines is 1. The highest BCUT2D eigenvalue weighted by atomic mass is 32.2. The summed E-state index contributed by atoms with van der Waals surface area (Å²) in [6.45, 7) is 0. The average molecular weight is 409 g/mol. The van der Waals surface area contributed by atoms with Crippen molar-refractivity contribution in [1.29, 1.82) is 0 Å². The first-order chi connectivity index (χ1) is 14.8. The van der Waals surface area contributed by atoms with Crippen LogP contribution >= 0.6 is 11.8 Å². The molecule has 3 nitrogen and oxygen atoms in total. The molecule has 2 heterocycles. The summed E-state index contributed by atoms with van der Waals surface area (Å²) in [5.74, 6) is 0.692. The van der Waals surface area contributed by atoms with Gasteiger partial charge in [-0.05, 0) is 34.9 Å². The van der Waals surface area contributed by atoms with Crippen LogP contribution in [0.5, 0.6) is 0 Å². The van der Waals surface area contributed by atoms with Crippen LogP contribution in [0.2, 0.25) is 0 Å². The van der Waals surface area contributed by atoms with Crippen molar-refractivity contribution < 1.29 is 0 Å². The fraction of sp³-hybridized carbons (Fsp3) is 0.0769. The average Bonchev–Trinajstić information content (AvgIpc) is 2.78. The first kappa shape index (κ1) is 18.6. The van der Waals surface area contributed by atoms with Crippen molar-refractivity contribution in [3.05, 3.63) is 118 Å². The van der Waals surface area contributed by atoms with Gasteiger partial charge in [-0.3, -0.25) is 4.79 Å². The van der Waals surface area contributed by atoms with Crippen LogP contribution in [0.1, 0.15) is 16.7 Å². The molecule has 0 aliphatic carbocycles. The van der Waals surface area contributed by atoms with Gasteiger partial charge in [-0.15, -0.1) is 11.8 Å². The van der Waals surface area contributed by atoms with Crippen LogP contribution in [-0.2, 0) is 12.2 Å². The Hall–Kier alpha value is -3.37. The van der Waals surface area contributed by atoms with E-state index in [1.54, 1.807) is 17.8 Å². The Morgan fingerprint density at radius 2 is 1.57 bits per heavy atom. The van der Waals surface area contributed by atoms with Gasteiger partial charge in [0.2, 0.25) is 5.56 Å².